The number of hydrogen-bond acceptors (Lipinski definition) is 4. The molecule has 0 radical (unpaired) electrons. The Morgan fingerprint density at radius 3 is 1.80 bits per heavy atom. The molecule has 0 saturated carbocycles. The zero-order valence-electron chi connectivity index (χ0n) is 27.5. The Bertz CT molecular complexity index is 2790. The first kappa shape index (κ1) is 29.4. The Hall–Kier alpha value is -6.49. The molecule has 240 valence electrons. The number of fused-ring (bicyclic) bond motifs is 6. The molecule has 2 heterocycles. The third-order valence-electron chi connectivity index (χ3n) is 9.68. The van der Waals surface area contributed by atoms with E-state index in [9.17, 15) is 0 Å². The van der Waals surface area contributed by atoms with Crippen molar-refractivity contribution >= 4 is 70.4 Å². The molecule has 4 heteroatoms. The largest absolute Gasteiger partial charge is 0.436 e. The van der Waals surface area contributed by atoms with Crippen LogP contribution in [0.2, 0.25) is 0 Å². The lowest BCUT2D eigenvalue weighted by atomic mass is 10.0. The number of anilines is 3. The highest BCUT2D eigenvalue weighted by molar-refractivity contribution is 7.26. The summed E-state index contributed by atoms with van der Waals surface area (Å²) >= 11 is 1.81. The Labute approximate surface area is 299 Å². The van der Waals surface area contributed by atoms with E-state index in [2.05, 4.69) is 181 Å². The van der Waals surface area contributed by atoms with Crippen molar-refractivity contribution in [1.82, 2.24) is 4.98 Å². The van der Waals surface area contributed by atoms with Crippen LogP contribution in [0.25, 0.3) is 75.8 Å². The molecule has 0 N–H and O–H groups in total. The van der Waals surface area contributed by atoms with Gasteiger partial charge in [-0.3, -0.25) is 0 Å². The predicted molar refractivity (Wildman–Crippen MR) is 215 cm³/mol. The molecule has 8 aromatic carbocycles. The number of oxazole rings is 1. The summed E-state index contributed by atoms with van der Waals surface area (Å²) in [5, 5.41) is 4.62. The molecular weight excluding hydrogens is 641 g/mol. The van der Waals surface area contributed by atoms with Gasteiger partial charge in [0.05, 0.1) is 0 Å². The van der Waals surface area contributed by atoms with Crippen LogP contribution in [0.15, 0.2) is 186 Å². The van der Waals surface area contributed by atoms with E-state index < -0.39 is 0 Å². The second-order valence-electron chi connectivity index (χ2n) is 12.8. The molecule has 2 aromatic heterocycles. The molecule has 10 rings (SSSR count). The number of benzene rings is 8. The van der Waals surface area contributed by atoms with Crippen LogP contribution in [-0.4, -0.2) is 4.98 Å². The van der Waals surface area contributed by atoms with Crippen LogP contribution < -0.4 is 4.90 Å². The summed E-state index contributed by atoms with van der Waals surface area (Å²) in [6, 6.07) is 64.6. The van der Waals surface area contributed by atoms with Gasteiger partial charge in [-0.05, 0) is 82.2 Å². The number of thiophene rings is 1. The molecule has 51 heavy (non-hydrogen) atoms. The molecule has 0 fully saturated rings. The maximum atomic E-state index is 6.45. The zero-order valence-corrected chi connectivity index (χ0v) is 28.3. The van der Waals surface area contributed by atoms with E-state index in [1.165, 1.54) is 42.4 Å². The molecule has 0 aliphatic carbocycles. The molecule has 0 aliphatic heterocycles. The van der Waals surface area contributed by atoms with Gasteiger partial charge in [0.25, 0.3) is 0 Å². The van der Waals surface area contributed by atoms with E-state index in [1.54, 1.807) is 11.3 Å². The smallest absolute Gasteiger partial charge is 0.228 e. The first-order chi connectivity index (χ1) is 25.3. The third-order valence-corrected chi connectivity index (χ3v) is 10.8. The predicted octanol–water partition coefficient (Wildman–Crippen LogP) is 13.8. The minimum absolute atomic E-state index is 0.646. The van der Waals surface area contributed by atoms with E-state index in [0.29, 0.717) is 5.89 Å². The molecule has 0 bridgehead atoms. The minimum atomic E-state index is 0.646. The van der Waals surface area contributed by atoms with Crippen LogP contribution in [0.5, 0.6) is 0 Å². The normalized spacial score (nSPS) is 11.5. The van der Waals surface area contributed by atoms with Crippen molar-refractivity contribution in [3.8, 4) is 33.7 Å². The lowest BCUT2D eigenvalue weighted by Gasteiger charge is -2.26. The van der Waals surface area contributed by atoms with E-state index in [0.717, 1.165) is 44.5 Å². The third kappa shape index (κ3) is 5.16. The van der Waals surface area contributed by atoms with Crippen LogP contribution in [0.4, 0.5) is 17.1 Å². The standard InChI is InChI=1S/C47H30N2OS/c1-3-12-31(13-4-1)34-17-9-19-36(28-34)49(37-20-10-18-35(29-37)32-14-5-2-6-15-32)38-25-26-40-44(30-38)51-43-23-11-22-41(45(40)43)47-48-46-39-21-8-7-16-33(39)24-27-42(46)50-47/h1-30H. The lowest BCUT2D eigenvalue weighted by Crippen LogP contribution is -2.10. The van der Waals surface area contributed by atoms with Gasteiger partial charge in [0, 0.05) is 48.2 Å². The molecule has 10 aromatic rings. The van der Waals surface area contributed by atoms with Gasteiger partial charge in [0.1, 0.15) is 5.52 Å². The molecular formula is C47H30N2OS. The van der Waals surface area contributed by atoms with Crippen LogP contribution in [0.3, 0.4) is 0 Å². The minimum Gasteiger partial charge on any atom is -0.436 e. The lowest BCUT2D eigenvalue weighted by molar-refractivity contribution is 0.621. The maximum absolute atomic E-state index is 6.45. The Morgan fingerprint density at radius 1 is 0.451 bits per heavy atom. The van der Waals surface area contributed by atoms with Gasteiger partial charge in [-0.25, -0.2) is 4.98 Å². The highest BCUT2D eigenvalue weighted by atomic mass is 32.1. The van der Waals surface area contributed by atoms with Gasteiger partial charge in [0.15, 0.2) is 5.58 Å². The maximum Gasteiger partial charge on any atom is 0.228 e. The molecule has 0 aliphatic rings. The van der Waals surface area contributed by atoms with Gasteiger partial charge in [-0.1, -0.05) is 127 Å². The molecule has 0 unspecified atom stereocenters. The zero-order chi connectivity index (χ0) is 33.7. The van der Waals surface area contributed by atoms with Crippen molar-refractivity contribution in [2.24, 2.45) is 0 Å². The topological polar surface area (TPSA) is 29.3 Å². The fourth-order valence-electron chi connectivity index (χ4n) is 7.27. The van der Waals surface area contributed by atoms with Crippen LogP contribution in [-0.2, 0) is 0 Å². The Morgan fingerprint density at radius 2 is 1.08 bits per heavy atom. The summed E-state index contributed by atoms with van der Waals surface area (Å²) in [5.41, 5.74) is 10.7. The van der Waals surface area contributed by atoms with Gasteiger partial charge in [-0.15, -0.1) is 11.3 Å². The van der Waals surface area contributed by atoms with E-state index in [4.69, 9.17) is 9.40 Å². The average Bonchev–Trinajstić information content (AvgIpc) is 3.81. The van der Waals surface area contributed by atoms with Crippen molar-refractivity contribution in [3.63, 3.8) is 0 Å². The van der Waals surface area contributed by atoms with Crippen LogP contribution in [0, 0.1) is 0 Å². The fraction of sp³-hybridized carbons (Fsp3) is 0. The summed E-state index contributed by atoms with van der Waals surface area (Å²) in [7, 11) is 0. The van der Waals surface area contributed by atoms with Gasteiger partial charge in [0.2, 0.25) is 5.89 Å². The summed E-state index contributed by atoms with van der Waals surface area (Å²) in [5.74, 6) is 0.646. The summed E-state index contributed by atoms with van der Waals surface area (Å²) < 4.78 is 8.86. The molecule has 3 nitrogen and oxygen atoms in total. The average molecular weight is 671 g/mol. The second kappa shape index (κ2) is 12.1. The van der Waals surface area contributed by atoms with Crippen LogP contribution in [0.1, 0.15) is 0 Å². The van der Waals surface area contributed by atoms with E-state index >= 15 is 0 Å². The first-order valence-electron chi connectivity index (χ1n) is 17.1. The van der Waals surface area contributed by atoms with Gasteiger partial charge < -0.3 is 9.32 Å². The monoisotopic (exact) mass is 670 g/mol. The Kier molecular flexibility index (Phi) is 7.00. The van der Waals surface area contributed by atoms with Crippen molar-refractivity contribution in [2.45, 2.75) is 0 Å². The van der Waals surface area contributed by atoms with Crippen molar-refractivity contribution in [2.75, 3.05) is 4.90 Å². The van der Waals surface area contributed by atoms with E-state index in [-0.39, 0.29) is 0 Å². The molecule has 0 atom stereocenters. The second-order valence-corrected chi connectivity index (χ2v) is 13.9. The fourth-order valence-corrected chi connectivity index (χ4v) is 8.43. The summed E-state index contributed by atoms with van der Waals surface area (Å²) in [6.45, 7) is 0. The number of nitrogens with zero attached hydrogens (tertiary/aromatic N) is 2. The number of hydrogen-bond donors (Lipinski definition) is 0. The Balaban J connectivity index is 1.14. The van der Waals surface area contributed by atoms with Crippen molar-refractivity contribution in [1.29, 1.82) is 0 Å². The summed E-state index contributed by atoms with van der Waals surface area (Å²) in [4.78, 5) is 7.44. The quantitative estimate of drug-likeness (QED) is 0.176. The van der Waals surface area contributed by atoms with Gasteiger partial charge in [-0.2, -0.15) is 0 Å². The highest BCUT2D eigenvalue weighted by Crippen LogP contribution is 2.45. The molecule has 0 saturated heterocycles. The molecule has 0 amide bonds. The van der Waals surface area contributed by atoms with Crippen molar-refractivity contribution < 1.29 is 4.42 Å². The SMILES string of the molecule is c1ccc(-c2cccc(N(c3cccc(-c4ccccc4)c3)c3ccc4c(c3)sc3cccc(-c5nc6c(ccc7ccccc76)o5)c34)c2)cc1. The van der Waals surface area contributed by atoms with E-state index in [1.807, 2.05) is 6.07 Å². The van der Waals surface area contributed by atoms with Crippen LogP contribution >= 0.6 is 11.3 Å². The van der Waals surface area contributed by atoms with Crippen molar-refractivity contribution in [3.05, 3.63) is 182 Å². The van der Waals surface area contributed by atoms with Gasteiger partial charge >= 0.3 is 0 Å². The highest BCUT2D eigenvalue weighted by Gasteiger charge is 2.20. The first-order valence-corrected chi connectivity index (χ1v) is 17.9. The number of aromatic nitrogens is 1. The molecule has 0 spiro atoms. The summed E-state index contributed by atoms with van der Waals surface area (Å²) in [6.07, 6.45) is 0. The number of rotatable bonds is 6.